The average molecular weight is 339 g/mol. The molecule has 0 aromatic heterocycles. The number of ether oxygens (including phenoxy) is 1. The summed E-state index contributed by atoms with van der Waals surface area (Å²) < 4.78 is 5.98. The molecule has 0 unspecified atom stereocenters. The van der Waals surface area contributed by atoms with Crippen LogP contribution in [0.5, 0.6) is 5.75 Å². The van der Waals surface area contributed by atoms with E-state index in [-0.39, 0.29) is 11.9 Å². The van der Waals surface area contributed by atoms with E-state index in [1.165, 1.54) is 5.56 Å². The lowest BCUT2D eigenvalue weighted by Gasteiger charge is -2.23. The number of nitrogens with one attached hydrogen (secondary N) is 1. The molecular formula is C22H29NO2. The van der Waals surface area contributed by atoms with E-state index >= 15 is 0 Å². The van der Waals surface area contributed by atoms with Crippen molar-refractivity contribution >= 4 is 5.91 Å². The molecule has 2 atom stereocenters. The van der Waals surface area contributed by atoms with Crippen LogP contribution in [0.15, 0.2) is 42.5 Å². The fourth-order valence-corrected chi connectivity index (χ4v) is 2.97. The average Bonchev–Trinajstić information content (AvgIpc) is 2.57. The molecule has 0 radical (unpaired) electrons. The van der Waals surface area contributed by atoms with Crippen molar-refractivity contribution < 1.29 is 9.53 Å². The lowest BCUT2D eigenvalue weighted by molar-refractivity contribution is -0.128. The Morgan fingerprint density at radius 1 is 0.920 bits per heavy atom. The maximum absolute atomic E-state index is 12.7. The second kappa shape index (κ2) is 8.70. The van der Waals surface area contributed by atoms with Crippen molar-refractivity contribution in [1.82, 2.24) is 5.32 Å². The van der Waals surface area contributed by atoms with Crippen LogP contribution >= 0.6 is 0 Å². The van der Waals surface area contributed by atoms with Crippen LogP contribution < -0.4 is 10.1 Å². The highest BCUT2D eigenvalue weighted by Gasteiger charge is 2.22. The number of rotatable bonds is 7. The Morgan fingerprint density at radius 2 is 1.52 bits per heavy atom. The normalized spacial score (nSPS) is 13.2. The van der Waals surface area contributed by atoms with Gasteiger partial charge in [0, 0.05) is 0 Å². The van der Waals surface area contributed by atoms with Crippen LogP contribution in [-0.4, -0.2) is 12.0 Å². The van der Waals surface area contributed by atoms with Crippen molar-refractivity contribution in [3.63, 3.8) is 0 Å². The lowest BCUT2D eigenvalue weighted by Crippen LogP contribution is -2.40. The minimum Gasteiger partial charge on any atom is -0.481 e. The molecule has 0 saturated heterocycles. The molecule has 2 aromatic rings. The van der Waals surface area contributed by atoms with E-state index in [0.717, 1.165) is 28.9 Å². The summed E-state index contributed by atoms with van der Waals surface area (Å²) in [5, 5.41) is 3.14. The first-order chi connectivity index (χ1) is 11.9. The molecular weight excluding hydrogens is 310 g/mol. The van der Waals surface area contributed by atoms with Gasteiger partial charge in [-0.15, -0.1) is 0 Å². The largest absolute Gasteiger partial charge is 0.481 e. The number of amides is 1. The fourth-order valence-electron chi connectivity index (χ4n) is 2.97. The van der Waals surface area contributed by atoms with E-state index in [2.05, 4.69) is 49.5 Å². The van der Waals surface area contributed by atoms with Crippen LogP contribution in [0.25, 0.3) is 0 Å². The van der Waals surface area contributed by atoms with Gasteiger partial charge in [0.15, 0.2) is 6.10 Å². The highest BCUT2D eigenvalue weighted by atomic mass is 16.5. The summed E-state index contributed by atoms with van der Waals surface area (Å²) in [6.07, 6.45) is 0.985. The van der Waals surface area contributed by atoms with Crippen molar-refractivity contribution in [3.8, 4) is 5.75 Å². The first-order valence-corrected chi connectivity index (χ1v) is 9.04. The highest BCUT2D eigenvalue weighted by Crippen LogP contribution is 2.21. The monoisotopic (exact) mass is 339 g/mol. The number of benzene rings is 2. The second-order valence-electron chi connectivity index (χ2n) is 6.72. The molecule has 25 heavy (non-hydrogen) atoms. The maximum Gasteiger partial charge on any atom is 0.261 e. The maximum atomic E-state index is 12.7. The molecule has 0 aliphatic carbocycles. The van der Waals surface area contributed by atoms with Crippen molar-refractivity contribution in [1.29, 1.82) is 0 Å². The van der Waals surface area contributed by atoms with Crippen molar-refractivity contribution in [2.24, 2.45) is 0 Å². The van der Waals surface area contributed by atoms with Gasteiger partial charge in [-0.25, -0.2) is 0 Å². The Bertz CT molecular complexity index is 686. The van der Waals surface area contributed by atoms with E-state index in [4.69, 9.17) is 4.74 Å². The summed E-state index contributed by atoms with van der Waals surface area (Å²) in [4.78, 5) is 12.7. The Kier molecular flexibility index (Phi) is 6.63. The highest BCUT2D eigenvalue weighted by molar-refractivity contribution is 5.81. The van der Waals surface area contributed by atoms with Gasteiger partial charge in [0.2, 0.25) is 0 Å². The van der Waals surface area contributed by atoms with E-state index < -0.39 is 6.10 Å². The van der Waals surface area contributed by atoms with Gasteiger partial charge in [-0.2, -0.15) is 0 Å². The van der Waals surface area contributed by atoms with Gasteiger partial charge >= 0.3 is 0 Å². The number of hydrogen-bond donors (Lipinski definition) is 1. The molecule has 1 amide bonds. The third kappa shape index (κ3) is 5.35. The van der Waals surface area contributed by atoms with Gasteiger partial charge in [-0.3, -0.25) is 4.79 Å². The Hall–Kier alpha value is -2.29. The first-order valence-electron chi connectivity index (χ1n) is 9.04. The minimum absolute atomic E-state index is 0.00463. The molecule has 2 aromatic carbocycles. The molecule has 2 rings (SSSR count). The summed E-state index contributed by atoms with van der Waals surface area (Å²) in [5.74, 6) is 0.692. The zero-order valence-electron chi connectivity index (χ0n) is 15.9. The van der Waals surface area contributed by atoms with Gasteiger partial charge in [0.1, 0.15) is 5.75 Å². The minimum atomic E-state index is -0.485. The molecule has 0 heterocycles. The smallest absolute Gasteiger partial charge is 0.261 e. The topological polar surface area (TPSA) is 38.3 Å². The van der Waals surface area contributed by atoms with Crippen molar-refractivity contribution in [2.75, 3.05) is 0 Å². The zero-order chi connectivity index (χ0) is 18.4. The molecule has 0 aliphatic heterocycles. The molecule has 0 bridgehead atoms. The fraction of sp³-hybridized carbons (Fsp3) is 0.409. The Morgan fingerprint density at radius 3 is 2.04 bits per heavy atom. The van der Waals surface area contributed by atoms with Crippen molar-refractivity contribution in [2.45, 2.75) is 59.6 Å². The van der Waals surface area contributed by atoms with E-state index in [0.29, 0.717) is 6.42 Å². The lowest BCUT2D eigenvalue weighted by atomic mass is 10.0. The number of hydrogen-bond acceptors (Lipinski definition) is 2. The molecule has 3 nitrogen and oxygen atoms in total. The summed E-state index contributed by atoms with van der Waals surface area (Å²) in [6.45, 7) is 10.2. The third-order valence-electron chi connectivity index (χ3n) is 4.34. The second-order valence-corrected chi connectivity index (χ2v) is 6.72. The van der Waals surface area contributed by atoms with Gasteiger partial charge in [-0.1, -0.05) is 49.7 Å². The number of carbonyl (C=O) groups is 1. The van der Waals surface area contributed by atoms with Crippen LogP contribution in [0, 0.1) is 20.8 Å². The molecule has 134 valence electrons. The number of aryl methyl sites for hydroxylation is 3. The van der Waals surface area contributed by atoms with E-state index in [1.807, 2.05) is 32.9 Å². The quantitative estimate of drug-likeness (QED) is 0.768. The van der Waals surface area contributed by atoms with Crippen LogP contribution in [-0.2, 0) is 4.79 Å². The van der Waals surface area contributed by atoms with E-state index in [9.17, 15) is 4.79 Å². The van der Waals surface area contributed by atoms with Gasteiger partial charge < -0.3 is 10.1 Å². The molecule has 1 N–H and O–H groups in total. The van der Waals surface area contributed by atoms with Crippen LogP contribution in [0.4, 0.5) is 0 Å². The predicted octanol–water partition coefficient (Wildman–Crippen LogP) is 5.04. The molecule has 0 saturated carbocycles. The zero-order valence-corrected chi connectivity index (χ0v) is 15.9. The number of carbonyl (C=O) groups excluding carboxylic acids is 1. The third-order valence-corrected chi connectivity index (χ3v) is 4.34. The van der Waals surface area contributed by atoms with Gasteiger partial charge in [0.25, 0.3) is 5.91 Å². The Balaban J connectivity index is 2.08. The summed E-state index contributed by atoms with van der Waals surface area (Å²) in [5.41, 5.74) is 4.62. The standard InChI is InChI=1S/C22H29NO2/c1-6-20(18-10-8-15(3)9-11-18)23-22(24)21(7-2)25-19-13-16(4)12-17(5)14-19/h8-14,20-21H,6-7H2,1-5H3,(H,23,24)/t20-,21-/m0/s1. The van der Waals surface area contributed by atoms with Crippen LogP contribution in [0.1, 0.15) is 55.0 Å². The predicted molar refractivity (Wildman–Crippen MR) is 103 cm³/mol. The summed E-state index contributed by atoms with van der Waals surface area (Å²) >= 11 is 0. The summed E-state index contributed by atoms with van der Waals surface area (Å²) in [6, 6.07) is 14.4. The molecule has 0 fully saturated rings. The SMILES string of the molecule is CC[C@H](Oc1cc(C)cc(C)c1)C(=O)N[C@@H](CC)c1ccc(C)cc1. The van der Waals surface area contributed by atoms with Crippen molar-refractivity contribution in [3.05, 3.63) is 64.7 Å². The molecule has 0 spiro atoms. The Labute approximate surface area is 151 Å². The molecule has 0 aliphatic rings. The summed E-state index contributed by atoms with van der Waals surface area (Å²) in [7, 11) is 0. The van der Waals surface area contributed by atoms with Crippen LogP contribution in [0.3, 0.4) is 0 Å². The first kappa shape index (κ1) is 19.0. The molecule has 3 heteroatoms. The van der Waals surface area contributed by atoms with Gasteiger partial charge in [-0.05, 0) is 62.4 Å². The van der Waals surface area contributed by atoms with Crippen LogP contribution in [0.2, 0.25) is 0 Å². The van der Waals surface area contributed by atoms with E-state index in [1.54, 1.807) is 0 Å². The van der Waals surface area contributed by atoms with Gasteiger partial charge in [0.05, 0.1) is 6.04 Å².